The van der Waals surface area contributed by atoms with Crippen LogP contribution in [0.25, 0.3) is 11.0 Å². The van der Waals surface area contributed by atoms with Crippen LogP contribution >= 0.6 is 0 Å². The molecule has 0 bridgehead atoms. The molecule has 0 aliphatic rings. The van der Waals surface area contributed by atoms with E-state index in [4.69, 9.17) is 4.74 Å². The molecule has 3 rings (SSSR count). The Kier molecular flexibility index (Phi) is 2.57. The Labute approximate surface area is 104 Å². The number of para-hydroxylation sites is 2. The van der Waals surface area contributed by atoms with E-state index in [1.54, 1.807) is 12.3 Å². The molecule has 0 saturated carbocycles. The zero-order valence-corrected chi connectivity index (χ0v) is 9.74. The minimum absolute atomic E-state index is 0.423. The van der Waals surface area contributed by atoms with E-state index in [-0.39, 0.29) is 0 Å². The molecule has 5 heteroatoms. The standard InChI is InChI=1S/C13H10N4O/c1-9-6-12(16-8-15-9)18-13-7-14-10-4-2-3-5-11(10)17-13/h2-8H,1H3. The Morgan fingerprint density at radius 3 is 2.61 bits per heavy atom. The zero-order chi connectivity index (χ0) is 12.4. The van der Waals surface area contributed by atoms with E-state index in [2.05, 4.69) is 19.9 Å². The average molecular weight is 238 g/mol. The van der Waals surface area contributed by atoms with E-state index < -0.39 is 0 Å². The van der Waals surface area contributed by atoms with Crippen LogP contribution in [0.2, 0.25) is 0 Å². The third-order valence-electron chi connectivity index (χ3n) is 2.41. The summed E-state index contributed by atoms with van der Waals surface area (Å²) in [5.74, 6) is 0.888. The van der Waals surface area contributed by atoms with Gasteiger partial charge in [0.25, 0.3) is 0 Å². The van der Waals surface area contributed by atoms with Crippen molar-refractivity contribution in [3.63, 3.8) is 0 Å². The number of nitrogens with zero attached hydrogens (tertiary/aromatic N) is 4. The molecule has 0 saturated heterocycles. The fourth-order valence-electron chi connectivity index (χ4n) is 1.58. The van der Waals surface area contributed by atoms with Crippen molar-refractivity contribution in [2.24, 2.45) is 0 Å². The minimum atomic E-state index is 0.423. The number of benzene rings is 1. The van der Waals surface area contributed by atoms with Gasteiger partial charge in [-0.2, -0.15) is 0 Å². The summed E-state index contributed by atoms with van der Waals surface area (Å²) >= 11 is 0. The lowest BCUT2D eigenvalue weighted by Crippen LogP contribution is -1.94. The molecule has 1 aromatic carbocycles. The Morgan fingerprint density at radius 2 is 1.78 bits per heavy atom. The molecule has 0 fully saturated rings. The summed E-state index contributed by atoms with van der Waals surface area (Å²) in [7, 11) is 0. The largest absolute Gasteiger partial charge is 0.419 e. The lowest BCUT2D eigenvalue weighted by atomic mass is 10.3. The Morgan fingerprint density at radius 1 is 0.944 bits per heavy atom. The predicted molar refractivity (Wildman–Crippen MR) is 66.4 cm³/mol. The van der Waals surface area contributed by atoms with Gasteiger partial charge in [-0.25, -0.2) is 19.9 Å². The lowest BCUT2D eigenvalue weighted by molar-refractivity contribution is 0.442. The summed E-state index contributed by atoms with van der Waals surface area (Å²) in [4.78, 5) is 16.6. The molecule has 18 heavy (non-hydrogen) atoms. The van der Waals surface area contributed by atoms with Crippen molar-refractivity contribution in [2.45, 2.75) is 6.92 Å². The van der Waals surface area contributed by atoms with E-state index in [0.29, 0.717) is 11.8 Å². The number of hydrogen-bond acceptors (Lipinski definition) is 5. The highest BCUT2D eigenvalue weighted by Gasteiger charge is 2.03. The van der Waals surface area contributed by atoms with E-state index in [9.17, 15) is 0 Å². The lowest BCUT2D eigenvalue weighted by Gasteiger charge is -2.04. The second-order valence-corrected chi connectivity index (χ2v) is 3.80. The molecular formula is C13H10N4O. The van der Waals surface area contributed by atoms with Crippen molar-refractivity contribution >= 4 is 11.0 Å². The van der Waals surface area contributed by atoms with Crippen LogP contribution in [-0.2, 0) is 0 Å². The molecule has 0 amide bonds. The monoisotopic (exact) mass is 238 g/mol. The maximum atomic E-state index is 5.54. The fourth-order valence-corrected chi connectivity index (χ4v) is 1.58. The highest BCUT2D eigenvalue weighted by atomic mass is 16.5. The highest BCUT2D eigenvalue weighted by Crippen LogP contribution is 2.18. The second-order valence-electron chi connectivity index (χ2n) is 3.80. The van der Waals surface area contributed by atoms with Gasteiger partial charge in [-0.15, -0.1) is 0 Å². The van der Waals surface area contributed by atoms with Gasteiger partial charge in [-0.3, -0.25) is 0 Å². The van der Waals surface area contributed by atoms with Gasteiger partial charge in [0.1, 0.15) is 6.33 Å². The smallest absolute Gasteiger partial charge is 0.240 e. The maximum Gasteiger partial charge on any atom is 0.240 e. The normalized spacial score (nSPS) is 10.5. The summed E-state index contributed by atoms with van der Waals surface area (Å²) in [5.41, 5.74) is 2.47. The van der Waals surface area contributed by atoms with Crippen LogP contribution in [0.5, 0.6) is 11.8 Å². The van der Waals surface area contributed by atoms with Crippen LogP contribution in [0.4, 0.5) is 0 Å². The summed E-state index contributed by atoms with van der Waals surface area (Å²) in [5, 5.41) is 0. The van der Waals surface area contributed by atoms with Gasteiger partial charge >= 0.3 is 0 Å². The summed E-state index contributed by atoms with van der Waals surface area (Å²) < 4.78 is 5.54. The van der Waals surface area contributed by atoms with Crippen LogP contribution in [0, 0.1) is 6.92 Å². The van der Waals surface area contributed by atoms with E-state index in [0.717, 1.165) is 16.7 Å². The van der Waals surface area contributed by atoms with Crippen LogP contribution < -0.4 is 4.74 Å². The van der Waals surface area contributed by atoms with Crippen LogP contribution in [0.3, 0.4) is 0 Å². The topological polar surface area (TPSA) is 60.8 Å². The third-order valence-corrected chi connectivity index (χ3v) is 2.41. The molecule has 2 aromatic heterocycles. The first-order valence-electron chi connectivity index (χ1n) is 5.49. The molecule has 5 nitrogen and oxygen atoms in total. The van der Waals surface area contributed by atoms with Gasteiger partial charge < -0.3 is 4.74 Å². The minimum Gasteiger partial charge on any atom is -0.419 e. The molecule has 3 aromatic rings. The van der Waals surface area contributed by atoms with Crippen molar-refractivity contribution in [2.75, 3.05) is 0 Å². The Balaban J connectivity index is 1.95. The molecule has 0 aliphatic heterocycles. The van der Waals surface area contributed by atoms with Gasteiger partial charge in [0.05, 0.1) is 17.2 Å². The summed E-state index contributed by atoms with van der Waals surface area (Å²) in [6, 6.07) is 9.37. The summed E-state index contributed by atoms with van der Waals surface area (Å²) in [6.45, 7) is 1.88. The quantitative estimate of drug-likeness (QED) is 0.686. The number of hydrogen-bond donors (Lipinski definition) is 0. The van der Waals surface area contributed by atoms with Gasteiger partial charge in [-0.1, -0.05) is 12.1 Å². The first-order chi connectivity index (χ1) is 8.81. The molecule has 0 spiro atoms. The SMILES string of the molecule is Cc1cc(Oc2cnc3ccccc3n2)ncn1. The number of ether oxygens (including phenoxy) is 1. The molecule has 0 aliphatic carbocycles. The zero-order valence-electron chi connectivity index (χ0n) is 9.74. The van der Waals surface area contributed by atoms with Crippen LogP contribution in [0.15, 0.2) is 42.9 Å². The molecular weight excluding hydrogens is 228 g/mol. The van der Waals surface area contributed by atoms with Crippen molar-refractivity contribution in [3.8, 4) is 11.8 Å². The van der Waals surface area contributed by atoms with Gasteiger partial charge in [0.15, 0.2) is 0 Å². The maximum absolute atomic E-state index is 5.54. The summed E-state index contributed by atoms with van der Waals surface area (Å²) in [6.07, 6.45) is 3.04. The van der Waals surface area contributed by atoms with Gasteiger partial charge in [0.2, 0.25) is 11.8 Å². The van der Waals surface area contributed by atoms with Crippen LogP contribution in [0.1, 0.15) is 5.69 Å². The number of aromatic nitrogens is 4. The molecule has 2 heterocycles. The second kappa shape index (κ2) is 4.37. The highest BCUT2D eigenvalue weighted by molar-refractivity contribution is 5.73. The van der Waals surface area contributed by atoms with Crippen molar-refractivity contribution in [1.29, 1.82) is 0 Å². The van der Waals surface area contributed by atoms with Crippen LogP contribution in [-0.4, -0.2) is 19.9 Å². The molecule has 88 valence electrons. The van der Waals surface area contributed by atoms with E-state index in [1.807, 2.05) is 31.2 Å². The third kappa shape index (κ3) is 2.10. The van der Waals surface area contributed by atoms with Gasteiger partial charge in [0, 0.05) is 11.8 Å². The molecule has 0 radical (unpaired) electrons. The van der Waals surface area contributed by atoms with Crippen molar-refractivity contribution in [1.82, 2.24) is 19.9 Å². The average Bonchev–Trinajstić information content (AvgIpc) is 2.39. The molecule has 0 N–H and O–H groups in total. The fraction of sp³-hybridized carbons (Fsp3) is 0.0769. The predicted octanol–water partition coefficient (Wildman–Crippen LogP) is 2.52. The first-order valence-corrected chi connectivity index (χ1v) is 5.49. The number of aryl methyl sites for hydroxylation is 1. The Hall–Kier alpha value is -2.56. The van der Waals surface area contributed by atoms with Crippen molar-refractivity contribution < 1.29 is 4.74 Å². The van der Waals surface area contributed by atoms with Gasteiger partial charge in [-0.05, 0) is 19.1 Å². The van der Waals surface area contributed by atoms with E-state index in [1.165, 1.54) is 6.33 Å². The number of rotatable bonds is 2. The number of fused-ring (bicyclic) bond motifs is 1. The van der Waals surface area contributed by atoms with E-state index >= 15 is 0 Å². The van der Waals surface area contributed by atoms with Crippen molar-refractivity contribution in [3.05, 3.63) is 48.5 Å². The first kappa shape index (κ1) is 10.6. The molecule has 0 atom stereocenters. The molecule has 0 unspecified atom stereocenters. The Bertz CT molecular complexity index is 699.